The predicted octanol–water partition coefficient (Wildman–Crippen LogP) is 3.59. The first-order valence-corrected chi connectivity index (χ1v) is 7.34. The monoisotopic (exact) mass is 337 g/mol. The smallest absolute Gasteiger partial charge is 0.335 e. The number of carbonyl (C=O) groups is 1. The van der Waals surface area contributed by atoms with Crippen LogP contribution in [0.4, 0.5) is 5.82 Å². The molecule has 7 heteroatoms. The molecule has 2 aromatic rings. The highest BCUT2D eigenvalue weighted by Gasteiger charge is 2.36. The van der Waals surface area contributed by atoms with Gasteiger partial charge in [0.1, 0.15) is 11.9 Å². The maximum absolute atomic E-state index is 11.8. The number of hydrogen-bond acceptors (Lipinski definition) is 3. The van der Waals surface area contributed by atoms with Gasteiger partial charge in [-0.05, 0) is 13.0 Å². The van der Waals surface area contributed by atoms with E-state index in [0.29, 0.717) is 21.3 Å². The van der Waals surface area contributed by atoms with Crippen LogP contribution in [-0.4, -0.2) is 27.9 Å². The van der Waals surface area contributed by atoms with Crippen LogP contribution in [0.5, 0.6) is 0 Å². The zero-order valence-electron chi connectivity index (χ0n) is 11.9. The van der Waals surface area contributed by atoms with Gasteiger partial charge in [-0.3, -0.25) is 0 Å². The maximum Gasteiger partial charge on any atom is 0.335 e. The van der Waals surface area contributed by atoms with Crippen LogP contribution >= 0.6 is 23.2 Å². The molecule has 0 spiro atoms. The van der Waals surface area contributed by atoms with Gasteiger partial charge in [-0.1, -0.05) is 35.3 Å². The number of carboxylic acids is 1. The number of rotatable bonds is 2. The predicted molar refractivity (Wildman–Crippen MR) is 85.6 cm³/mol. The third-order valence-electron chi connectivity index (χ3n) is 3.91. The number of nitrogens with zero attached hydrogens (tertiary/aromatic N) is 3. The second-order valence-electron chi connectivity index (χ2n) is 5.04. The number of benzene rings is 1. The number of hydrogen-bond donors (Lipinski definition) is 1. The van der Waals surface area contributed by atoms with E-state index in [9.17, 15) is 9.90 Å². The fourth-order valence-electron chi connectivity index (χ4n) is 2.74. The van der Waals surface area contributed by atoms with Crippen LogP contribution in [0.25, 0.3) is 0 Å². The molecule has 1 aliphatic rings. The van der Waals surface area contributed by atoms with E-state index < -0.39 is 12.0 Å². The molecule has 0 aliphatic carbocycles. The number of anilines is 1. The van der Waals surface area contributed by atoms with Crippen LogP contribution in [-0.2, 0) is 4.79 Å². The van der Waals surface area contributed by atoms with Crippen molar-refractivity contribution in [1.29, 1.82) is 0 Å². The zero-order valence-corrected chi connectivity index (χ0v) is 13.4. The Balaban J connectivity index is 2.31. The molecule has 22 heavy (non-hydrogen) atoms. The summed E-state index contributed by atoms with van der Waals surface area (Å²) in [6, 6.07) is 6.40. The number of aliphatic carboxylic acids is 1. The minimum atomic E-state index is -1.01. The van der Waals surface area contributed by atoms with Crippen LogP contribution in [0.3, 0.4) is 0 Å². The molecule has 3 rings (SSSR count). The molecule has 2 heterocycles. The molecule has 0 fully saturated rings. The lowest BCUT2D eigenvalue weighted by Gasteiger charge is -2.34. The molecule has 0 bridgehead atoms. The fourth-order valence-corrected chi connectivity index (χ4v) is 3.15. The molecule has 1 N–H and O–H groups in total. The van der Waals surface area contributed by atoms with E-state index >= 15 is 0 Å². The normalized spacial score (nSPS) is 17.6. The zero-order chi connectivity index (χ0) is 16.0. The standard InChI is InChI=1S/C15H13Cl2N3O2/c1-8-12(15(21)22)14(9-4-3-5-10(16)13(9)17)20-11(19(8)2)6-7-18-20/h3-7,14H,1-2H3,(H,21,22). The van der Waals surface area contributed by atoms with Crippen molar-refractivity contribution in [2.75, 3.05) is 11.9 Å². The quantitative estimate of drug-likeness (QED) is 0.909. The van der Waals surface area contributed by atoms with Crippen LogP contribution < -0.4 is 4.90 Å². The fraction of sp³-hybridized carbons (Fsp3) is 0.200. The van der Waals surface area contributed by atoms with Gasteiger partial charge in [0.15, 0.2) is 0 Å². The Bertz CT molecular complexity index is 798. The molecule has 1 unspecified atom stereocenters. The van der Waals surface area contributed by atoms with E-state index in [2.05, 4.69) is 5.10 Å². The van der Waals surface area contributed by atoms with Crippen molar-refractivity contribution in [3.63, 3.8) is 0 Å². The van der Waals surface area contributed by atoms with Crippen molar-refractivity contribution < 1.29 is 9.90 Å². The van der Waals surface area contributed by atoms with Gasteiger partial charge in [-0.15, -0.1) is 0 Å². The van der Waals surface area contributed by atoms with Crippen LogP contribution in [0.2, 0.25) is 10.0 Å². The maximum atomic E-state index is 11.8. The topological polar surface area (TPSA) is 58.4 Å². The summed E-state index contributed by atoms with van der Waals surface area (Å²) in [4.78, 5) is 13.6. The Hall–Kier alpha value is -1.98. The van der Waals surface area contributed by atoms with Gasteiger partial charge in [0.25, 0.3) is 0 Å². The third kappa shape index (κ3) is 2.09. The van der Waals surface area contributed by atoms with Crippen molar-refractivity contribution in [3.8, 4) is 0 Å². The molecule has 0 amide bonds. The number of halogens is 2. The van der Waals surface area contributed by atoms with Crippen molar-refractivity contribution in [1.82, 2.24) is 9.78 Å². The van der Waals surface area contributed by atoms with Gasteiger partial charge < -0.3 is 10.0 Å². The first-order valence-electron chi connectivity index (χ1n) is 6.58. The first-order chi connectivity index (χ1) is 10.4. The highest BCUT2D eigenvalue weighted by molar-refractivity contribution is 6.42. The molecule has 1 aromatic heterocycles. The van der Waals surface area contributed by atoms with Crippen LogP contribution in [0, 0.1) is 0 Å². The Kier molecular flexibility index (Phi) is 3.62. The van der Waals surface area contributed by atoms with E-state index in [1.165, 1.54) is 0 Å². The molecule has 114 valence electrons. The number of carboxylic acid groups (broad SMARTS) is 1. The summed E-state index contributed by atoms with van der Waals surface area (Å²) in [5.74, 6) is -0.213. The largest absolute Gasteiger partial charge is 0.478 e. The van der Waals surface area contributed by atoms with Crippen molar-refractivity contribution in [2.45, 2.75) is 13.0 Å². The molecule has 0 radical (unpaired) electrons. The van der Waals surface area contributed by atoms with Gasteiger partial charge in [0.05, 0.1) is 21.8 Å². The van der Waals surface area contributed by atoms with Gasteiger partial charge in [0, 0.05) is 24.4 Å². The van der Waals surface area contributed by atoms with Crippen molar-refractivity contribution in [2.24, 2.45) is 0 Å². The van der Waals surface area contributed by atoms with Gasteiger partial charge in [-0.2, -0.15) is 5.10 Å². The van der Waals surface area contributed by atoms with Crippen LogP contribution in [0.15, 0.2) is 41.7 Å². The van der Waals surface area contributed by atoms with Crippen LogP contribution in [0.1, 0.15) is 18.5 Å². The highest BCUT2D eigenvalue weighted by Crippen LogP contribution is 2.41. The van der Waals surface area contributed by atoms with E-state index in [0.717, 1.165) is 5.82 Å². The summed E-state index contributed by atoms with van der Waals surface area (Å²) < 4.78 is 1.65. The molecule has 1 aromatic carbocycles. The van der Waals surface area contributed by atoms with E-state index in [1.54, 1.807) is 40.9 Å². The summed E-state index contributed by atoms with van der Waals surface area (Å²) in [5.41, 5.74) is 1.48. The summed E-state index contributed by atoms with van der Waals surface area (Å²) in [7, 11) is 1.81. The summed E-state index contributed by atoms with van der Waals surface area (Å²) in [5, 5.41) is 14.7. The Morgan fingerprint density at radius 2 is 2.05 bits per heavy atom. The number of allylic oxidation sites excluding steroid dienone is 1. The minimum Gasteiger partial charge on any atom is -0.478 e. The first kappa shape index (κ1) is 14.9. The summed E-state index contributed by atoms with van der Waals surface area (Å²) >= 11 is 12.4. The Labute approximate surface area is 137 Å². The van der Waals surface area contributed by atoms with Crippen molar-refractivity contribution in [3.05, 3.63) is 57.3 Å². The third-order valence-corrected chi connectivity index (χ3v) is 4.74. The lowest BCUT2D eigenvalue weighted by atomic mass is 9.95. The lowest BCUT2D eigenvalue weighted by molar-refractivity contribution is -0.133. The second kappa shape index (κ2) is 5.34. The molecule has 1 aliphatic heterocycles. The number of aromatic nitrogens is 2. The van der Waals surface area contributed by atoms with E-state index in [1.807, 2.05) is 13.1 Å². The molecule has 0 saturated carbocycles. The van der Waals surface area contributed by atoms with E-state index in [-0.39, 0.29) is 5.57 Å². The van der Waals surface area contributed by atoms with Gasteiger partial charge in [-0.25, -0.2) is 9.48 Å². The molecular weight excluding hydrogens is 325 g/mol. The summed E-state index contributed by atoms with van der Waals surface area (Å²) in [6.45, 7) is 1.77. The van der Waals surface area contributed by atoms with Gasteiger partial charge >= 0.3 is 5.97 Å². The number of fused-ring (bicyclic) bond motifs is 1. The average molecular weight is 338 g/mol. The van der Waals surface area contributed by atoms with Crippen molar-refractivity contribution >= 4 is 35.0 Å². The molecule has 1 atom stereocenters. The minimum absolute atomic E-state index is 0.225. The summed E-state index contributed by atoms with van der Waals surface area (Å²) in [6.07, 6.45) is 1.63. The lowest BCUT2D eigenvalue weighted by Crippen LogP contribution is -2.33. The SMILES string of the molecule is CC1=C(C(=O)O)C(c2cccc(Cl)c2Cl)n2nccc2N1C. The average Bonchev–Trinajstić information content (AvgIpc) is 2.95. The second-order valence-corrected chi connectivity index (χ2v) is 5.83. The molecular formula is C15H13Cl2N3O2. The highest BCUT2D eigenvalue weighted by atomic mass is 35.5. The molecule has 5 nitrogen and oxygen atoms in total. The molecule has 0 saturated heterocycles. The van der Waals surface area contributed by atoms with E-state index in [4.69, 9.17) is 23.2 Å². The van der Waals surface area contributed by atoms with Gasteiger partial charge in [0.2, 0.25) is 0 Å². The Morgan fingerprint density at radius 3 is 2.73 bits per heavy atom. The Morgan fingerprint density at radius 1 is 1.32 bits per heavy atom.